The second-order valence-corrected chi connectivity index (χ2v) is 7.30. The molecule has 0 bridgehead atoms. The second kappa shape index (κ2) is 7.01. The minimum atomic E-state index is 0.168. The molecule has 2 aliphatic rings. The Morgan fingerprint density at radius 2 is 2.28 bits per heavy atom. The Hall–Kier alpha value is -2.12. The van der Waals surface area contributed by atoms with Crippen LogP contribution in [0.3, 0.4) is 0 Å². The van der Waals surface area contributed by atoms with E-state index in [0.29, 0.717) is 12.3 Å². The molecule has 0 aliphatic carbocycles. The topological polar surface area (TPSA) is 63.7 Å². The van der Waals surface area contributed by atoms with Crippen LogP contribution in [0, 0.1) is 5.92 Å². The van der Waals surface area contributed by atoms with E-state index >= 15 is 0 Å². The highest BCUT2D eigenvalue weighted by molar-refractivity contribution is 7.13. The molecule has 3 heterocycles. The Labute approximate surface area is 150 Å². The summed E-state index contributed by atoms with van der Waals surface area (Å²) in [5.74, 6) is 2.24. The molecule has 25 heavy (non-hydrogen) atoms. The van der Waals surface area contributed by atoms with Gasteiger partial charge in [-0.2, -0.15) is 0 Å². The van der Waals surface area contributed by atoms with Crippen molar-refractivity contribution in [2.75, 3.05) is 33.5 Å². The van der Waals surface area contributed by atoms with Gasteiger partial charge in [-0.25, -0.2) is 4.98 Å². The van der Waals surface area contributed by atoms with Crippen LogP contribution in [0.2, 0.25) is 0 Å². The fourth-order valence-corrected chi connectivity index (χ4v) is 4.15. The lowest BCUT2D eigenvalue weighted by Crippen LogP contribution is -2.31. The van der Waals surface area contributed by atoms with Gasteiger partial charge in [0, 0.05) is 24.0 Å². The molecule has 132 valence electrons. The summed E-state index contributed by atoms with van der Waals surface area (Å²) in [6.07, 6.45) is 1.44. The van der Waals surface area contributed by atoms with E-state index in [9.17, 15) is 4.79 Å². The third-order valence-electron chi connectivity index (χ3n) is 4.63. The van der Waals surface area contributed by atoms with Crippen LogP contribution in [-0.2, 0) is 11.2 Å². The molecule has 1 atom stereocenters. The minimum Gasteiger partial charge on any atom is -0.454 e. The lowest BCUT2D eigenvalue weighted by molar-refractivity contribution is -0.129. The van der Waals surface area contributed by atoms with Gasteiger partial charge in [0.1, 0.15) is 5.01 Å². The smallest absolute Gasteiger partial charge is 0.231 e. The first-order valence-electron chi connectivity index (χ1n) is 8.49. The van der Waals surface area contributed by atoms with Crippen LogP contribution in [0.1, 0.15) is 12.1 Å². The van der Waals surface area contributed by atoms with Crippen LogP contribution >= 0.6 is 11.3 Å². The van der Waals surface area contributed by atoms with Gasteiger partial charge in [0.2, 0.25) is 12.7 Å². The Morgan fingerprint density at radius 3 is 3.16 bits per heavy atom. The highest BCUT2D eigenvalue weighted by atomic mass is 32.1. The van der Waals surface area contributed by atoms with Gasteiger partial charge in [0.15, 0.2) is 11.5 Å². The zero-order chi connectivity index (χ0) is 17.2. The highest BCUT2D eigenvalue weighted by Crippen LogP contribution is 2.36. The fourth-order valence-electron chi connectivity index (χ4n) is 3.33. The normalized spacial score (nSPS) is 18.8. The maximum atomic E-state index is 12.5. The van der Waals surface area contributed by atoms with Crippen molar-refractivity contribution in [2.45, 2.75) is 12.8 Å². The molecule has 0 radical (unpaired) electrons. The average Bonchev–Trinajstić information content (AvgIpc) is 3.34. The van der Waals surface area contributed by atoms with E-state index in [-0.39, 0.29) is 12.7 Å². The first-order chi connectivity index (χ1) is 12.2. The van der Waals surface area contributed by atoms with Gasteiger partial charge in [-0.05, 0) is 44.1 Å². The second-order valence-electron chi connectivity index (χ2n) is 6.44. The number of ether oxygens (including phenoxy) is 2. The number of amides is 1. The number of fused-ring (bicyclic) bond motifs is 1. The number of nitrogens with one attached hydrogen (secondary N) is 1. The molecule has 1 amide bonds. The number of thiazole rings is 1. The fraction of sp³-hybridized carbons (Fsp3) is 0.444. The van der Waals surface area contributed by atoms with Crippen LogP contribution in [0.5, 0.6) is 11.5 Å². The zero-order valence-electron chi connectivity index (χ0n) is 14.2. The molecule has 2 aromatic rings. The number of likely N-dealkylation sites (tertiary alicyclic amines) is 1. The summed E-state index contributed by atoms with van der Waals surface area (Å²) in [5, 5.41) is 6.06. The maximum Gasteiger partial charge on any atom is 0.231 e. The third kappa shape index (κ3) is 3.48. The SMILES string of the molecule is CNCC1CCN(C(=O)Cc2csc(-c3ccc4c(c3)OCO4)n2)C1. The molecule has 1 saturated heterocycles. The molecule has 0 saturated carbocycles. The molecule has 1 aromatic carbocycles. The molecular formula is C18H21N3O3S. The lowest BCUT2D eigenvalue weighted by atomic mass is 10.1. The average molecular weight is 359 g/mol. The number of aromatic nitrogens is 1. The van der Waals surface area contributed by atoms with Crippen molar-refractivity contribution < 1.29 is 14.3 Å². The van der Waals surface area contributed by atoms with E-state index in [0.717, 1.165) is 53.8 Å². The van der Waals surface area contributed by atoms with Gasteiger partial charge >= 0.3 is 0 Å². The van der Waals surface area contributed by atoms with Crippen LogP contribution < -0.4 is 14.8 Å². The van der Waals surface area contributed by atoms with E-state index < -0.39 is 0 Å². The Bertz CT molecular complexity index is 777. The number of carbonyl (C=O) groups is 1. The number of hydrogen-bond donors (Lipinski definition) is 1. The van der Waals surface area contributed by atoms with Gasteiger partial charge in [-0.15, -0.1) is 11.3 Å². The quantitative estimate of drug-likeness (QED) is 0.886. The standard InChI is InChI=1S/C18H21N3O3S/c1-19-8-12-4-5-21(9-12)17(22)7-14-10-25-18(20-14)13-2-3-15-16(6-13)24-11-23-15/h2-3,6,10,12,19H,4-5,7-9,11H2,1H3. The maximum absolute atomic E-state index is 12.5. The first-order valence-corrected chi connectivity index (χ1v) is 9.37. The van der Waals surface area contributed by atoms with Crippen molar-refractivity contribution in [2.24, 2.45) is 5.92 Å². The molecule has 6 nitrogen and oxygen atoms in total. The number of benzene rings is 1. The van der Waals surface area contributed by atoms with Gasteiger partial charge in [-0.3, -0.25) is 4.79 Å². The van der Waals surface area contributed by atoms with Crippen LogP contribution in [0.15, 0.2) is 23.6 Å². The van der Waals surface area contributed by atoms with E-state index in [1.165, 1.54) is 0 Å². The van der Waals surface area contributed by atoms with Gasteiger partial charge in [0.25, 0.3) is 0 Å². The molecule has 1 N–H and O–H groups in total. The molecule has 1 unspecified atom stereocenters. The van der Waals surface area contributed by atoms with Gasteiger partial charge in [-0.1, -0.05) is 0 Å². The summed E-state index contributed by atoms with van der Waals surface area (Å²) in [4.78, 5) is 19.1. The van der Waals surface area contributed by atoms with E-state index in [1.807, 2.05) is 35.5 Å². The predicted molar refractivity (Wildman–Crippen MR) is 96.0 cm³/mol. The third-order valence-corrected chi connectivity index (χ3v) is 5.58. The highest BCUT2D eigenvalue weighted by Gasteiger charge is 2.26. The summed E-state index contributed by atoms with van der Waals surface area (Å²) in [7, 11) is 1.96. The van der Waals surface area contributed by atoms with E-state index in [1.54, 1.807) is 11.3 Å². The first kappa shape index (κ1) is 16.4. The Balaban J connectivity index is 1.41. The van der Waals surface area contributed by atoms with Crippen LogP contribution in [0.25, 0.3) is 10.6 Å². The largest absolute Gasteiger partial charge is 0.454 e. The van der Waals surface area contributed by atoms with Crippen molar-refractivity contribution in [1.82, 2.24) is 15.2 Å². The Morgan fingerprint density at radius 1 is 1.40 bits per heavy atom. The molecule has 7 heteroatoms. The van der Waals surface area contributed by atoms with Crippen LogP contribution in [-0.4, -0.2) is 49.3 Å². The molecule has 0 spiro atoms. The summed E-state index contributed by atoms with van der Waals surface area (Å²) >= 11 is 1.55. The number of rotatable bonds is 5. The molecule has 1 aromatic heterocycles. The Kier molecular flexibility index (Phi) is 4.59. The molecule has 1 fully saturated rings. The number of hydrogen-bond acceptors (Lipinski definition) is 6. The lowest BCUT2D eigenvalue weighted by Gasteiger charge is -2.15. The molecule has 2 aliphatic heterocycles. The van der Waals surface area contributed by atoms with E-state index in [2.05, 4.69) is 10.3 Å². The molecule has 4 rings (SSSR count). The molecular weight excluding hydrogens is 338 g/mol. The summed E-state index contributed by atoms with van der Waals surface area (Å²) in [6.45, 7) is 2.93. The van der Waals surface area contributed by atoms with E-state index in [4.69, 9.17) is 9.47 Å². The number of nitrogens with zero attached hydrogens (tertiary/aromatic N) is 2. The van der Waals surface area contributed by atoms with Crippen molar-refractivity contribution >= 4 is 17.2 Å². The van der Waals surface area contributed by atoms with Crippen molar-refractivity contribution in [3.8, 4) is 22.1 Å². The van der Waals surface area contributed by atoms with Crippen molar-refractivity contribution in [3.05, 3.63) is 29.3 Å². The number of carbonyl (C=O) groups excluding carboxylic acids is 1. The predicted octanol–water partition coefficient (Wildman–Crippen LogP) is 2.15. The summed E-state index contributed by atoms with van der Waals surface area (Å²) in [6, 6.07) is 5.81. The summed E-state index contributed by atoms with van der Waals surface area (Å²) < 4.78 is 10.8. The summed E-state index contributed by atoms with van der Waals surface area (Å²) in [5.41, 5.74) is 1.82. The van der Waals surface area contributed by atoms with Gasteiger partial charge in [0.05, 0.1) is 12.1 Å². The van der Waals surface area contributed by atoms with Crippen LogP contribution in [0.4, 0.5) is 0 Å². The monoisotopic (exact) mass is 359 g/mol. The van der Waals surface area contributed by atoms with Crippen molar-refractivity contribution in [1.29, 1.82) is 0 Å². The van der Waals surface area contributed by atoms with Gasteiger partial charge < -0.3 is 19.7 Å². The zero-order valence-corrected chi connectivity index (χ0v) is 15.0. The minimum absolute atomic E-state index is 0.168. The van der Waals surface area contributed by atoms with Crippen molar-refractivity contribution in [3.63, 3.8) is 0 Å².